The lowest BCUT2D eigenvalue weighted by atomic mass is 9.78. The molecule has 36 heavy (non-hydrogen) atoms. The number of hydrogen-bond acceptors (Lipinski definition) is 6. The molecule has 188 valence electrons. The van der Waals surface area contributed by atoms with Gasteiger partial charge in [-0.15, -0.1) is 5.10 Å². The lowest BCUT2D eigenvalue weighted by Crippen LogP contribution is -2.37. The fourth-order valence-corrected chi connectivity index (χ4v) is 5.65. The lowest BCUT2D eigenvalue weighted by molar-refractivity contribution is -0.121. The number of carbonyl (C=O) groups excluding carboxylic acids is 1. The van der Waals surface area contributed by atoms with Gasteiger partial charge in [0.1, 0.15) is 5.78 Å². The molecule has 5 rings (SSSR count). The predicted octanol–water partition coefficient (Wildman–Crippen LogP) is 3.67. The highest BCUT2D eigenvalue weighted by Crippen LogP contribution is 2.37. The van der Waals surface area contributed by atoms with Crippen molar-refractivity contribution in [3.63, 3.8) is 0 Å². The van der Waals surface area contributed by atoms with Crippen LogP contribution in [0.2, 0.25) is 0 Å². The smallest absolute Gasteiger partial charge is 0.328 e. The SMILES string of the molecule is CCCCc1cn(C2CCCC2C(C)=O)c(=O)n1CC1(c2cccc(-c3nnn[nH]3)c2)C=CNC=C1. The van der Waals surface area contributed by atoms with Gasteiger partial charge < -0.3 is 5.32 Å². The Bertz CT molecular complexity index is 1320. The zero-order valence-corrected chi connectivity index (χ0v) is 20.9. The van der Waals surface area contributed by atoms with Gasteiger partial charge in [0.15, 0.2) is 5.82 Å². The number of aromatic nitrogens is 6. The van der Waals surface area contributed by atoms with Gasteiger partial charge in [-0.2, -0.15) is 0 Å². The number of nitrogens with zero attached hydrogens (tertiary/aromatic N) is 5. The minimum atomic E-state index is -0.540. The Morgan fingerprint density at radius 3 is 2.78 bits per heavy atom. The van der Waals surface area contributed by atoms with Crippen molar-refractivity contribution in [1.29, 1.82) is 0 Å². The van der Waals surface area contributed by atoms with E-state index in [4.69, 9.17) is 0 Å². The molecule has 1 aromatic carbocycles. The molecular weight excluding hydrogens is 454 g/mol. The molecule has 1 aliphatic heterocycles. The van der Waals surface area contributed by atoms with Crippen molar-refractivity contribution >= 4 is 5.78 Å². The average molecular weight is 488 g/mol. The van der Waals surface area contributed by atoms with Crippen molar-refractivity contribution in [3.8, 4) is 11.4 Å². The number of aryl methyl sites for hydroxylation is 1. The maximum atomic E-state index is 13.9. The van der Waals surface area contributed by atoms with Crippen molar-refractivity contribution in [2.45, 2.75) is 70.4 Å². The molecule has 0 saturated heterocycles. The Labute approximate surface area is 210 Å². The molecule has 0 spiro atoms. The number of nitrogens with one attached hydrogen (secondary N) is 2. The monoisotopic (exact) mass is 487 g/mol. The standard InChI is InChI=1S/C27H33N7O2/c1-3-4-9-22-17-33(24-11-6-10-23(24)19(2)35)26(36)34(22)18-27(12-14-28-15-13-27)21-8-5-7-20(16-21)25-29-31-32-30-25/h5,7-8,12-17,23-24,28H,3-4,6,9-11,18H2,1-2H3,(H,29,30,31,32). The largest absolute Gasteiger partial charge is 0.368 e. The number of Topliss-reactive ketones (excluding diaryl/α,β-unsaturated/α-hetero) is 1. The highest BCUT2D eigenvalue weighted by Gasteiger charge is 2.36. The number of imidazole rings is 1. The van der Waals surface area contributed by atoms with Gasteiger partial charge in [-0.1, -0.05) is 50.1 Å². The molecule has 2 atom stereocenters. The van der Waals surface area contributed by atoms with Gasteiger partial charge in [0.2, 0.25) is 0 Å². The Morgan fingerprint density at radius 1 is 1.22 bits per heavy atom. The van der Waals surface area contributed by atoms with Gasteiger partial charge in [0.25, 0.3) is 0 Å². The molecule has 2 N–H and O–H groups in total. The molecule has 2 aliphatic rings. The molecular formula is C27H33N7O2. The molecule has 1 saturated carbocycles. The summed E-state index contributed by atoms with van der Waals surface area (Å²) in [6.45, 7) is 4.27. The molecule has 1 fully saturated rings. The second kappa shape index (κ2) is 10.1. The first-order chi connectivity index (χ1) is 17.5. The van der Waals surface area contributed by atoms with Crippen molar-refractivity contribution in [3.05, 3.63) is 76.8 Å². The minimum Gasteiger partial charge on any atom is -0.368 e. The van der Waals surface area contributed by atoms with Crippen LogP contribution in [0.5, 0.6) is 0 Å². The first kappa shape index (κ1) is 24.0. The van der Waals surface area contributed by atoms with E-state index in [0.717, 1.165) is 55.3 Å². The van der Waals surface area contributed by atoms with Gasteiger partial charge in [0, 0.05) is 36.0 Å². The van der Waals surface area contributed by atoms with E-state index >= 15 is 0 Å². The molecule has 0 amide bonds. The zero-order chi connectivity index (χ0) is 25.1. The van der Waals surface area contributed by atoms with Crippen LogP contribution in [0.25, 0.3) is 11.4 Å². The second-order valence-electron chi connectivity index (χ2n) is 9.92. The van der Waals surface area contributed by atoms with Gasteiger partial charge in [0.05, 0.1) is 5.41 Å². The van der Waals surface area contributed by atoms with E-state index in [2.05, 4.69) is 57.1 Å². The number of carbonyl (C=O) groups is 1. The number of rotatable bonds is 9. The van der Waals surface area contributed by atoms with Crippen molar-refractivity contribution in [1.82, 2.24) is 35.1 Å². The molecule has 1 aliphatic carbocycles. The number of tetrazole rings is 1. The Balaban J connectivity index is 1.58. The Kier molecular flexibility index (Phi) is 6.71. The van der Waals surface area contributed by atoms with Crippen LogP contribution < -0.4 is 11.0 Å². The maximum Gasteiger partial charge on any atom is 0.328 e. The summed E-state index contributed by atoms with van der Waals surface area (Å²) in [7, 11) is 0. The van der Waals surface area contributed by atoms with Crippen LogP contribution in [0.15, 0.2) is 59.8 Å². The lowest BCUT2D eigenvalue weighted by Gasteiger charge is -2.31. The van der Waals surface area contributed by atoms with Crippen molar-refractivity contribution in [2.75, 3.05) is 0 Å². The Morgan fingerprint density at radius 2 is 2.06 bits per heavy atom. The molecule has 0 radical (unpaired) electrons. The topological polar surface area (TPSA) is 110 Å². The van der Waals surface area contributed by atoms with Crippen LogP contribution in [-0.4, -0.2) is 35.5 Å². The molecule has 9 heteroatoms. The van der Waals surface area contributed by atoms with Gasteiger partial charge in [-0.05, 0) is 67.1 Å². The third kappa shape index (κ3) is 4.45. The summed E-state index contributed by atoms with van der Waals surface area (Å²) in [5.74, 6) is 0.682. The molecule has 3 heterocycles. The van der Waals surface area contributed by atoms with Crippen molar-refractivity contribution < 1.29 is 4.79 Å². The van der Waals surface area contributed by atoms with Crippen LogP contribution >= 0.6 is 0 Å². The van der Waals surface area contributed by atoms with E-state index in [1.807, 2.05) is 39.9 Å². The van der Waals surface area contributed by atoms with E-state index in [9.17, 15) is 9.59 Å². The van der Waals surface area contributed by atoms with Crippen LogP contribution in [0.1, 0.15) is 63.3 Å². The van der Waals surface area contributed by atoms with E-state index in [0.29, 0.717) is 12.4 Å². The number of aromatic amines is 1. The molecule has 2 unspecified atom stereocenters. The highest BCUT2D eigenvalue weighted by molar-refractivity contribution is 5.79. The second-order valence-corrected chi connectivity index (χ2v) is 9.92. The van der Waals surface area contributed by atoms with Gasteiger partial charge in [-0.3, -0.25) is 13.9 Å². The number of H-pyrrole nitrogens is 1. The molecule has 2 aromatic heterocycles. The molecule has 0 bridgehead atoms. The molecule has 3 aromatic rings. The Hall–Kier alpha value is -3.75. The maximum absolute atomic E-state index is 13.9. The van der Waals surface area contributed by atoms with Gasteiger partial charge in [-0.25, -0.2) is 9.89 Å². The summed E-state index contributed by atoms with van der Waals surface area (Å²) in [5.41, 5.74) is 2.36. The van der Waals surface area contributed by atoms with Crippen LogP contribution in [0, 0.1) is 5.92 Å². The van der Waals surface area contributed by atoms with E-state index in [1.54, 1.807) is 6.92 Å². The van der Waals surface area contributed by atoms with E-state index in [1.165, 1.54) is 0 Å². The first-order valence-electron chi connectivity index (χ1n) is 12.8. The van der Waals surface area contributed by atoms with Gasteiger partial charge >= 0.3 is 5.69 Å². The number of dihydropyridines is 1. The number of unbranched alkanes of at least 4 members (excludes halogenated alkanes) is 1. The van der Waals surface area contributed by atoms with Crippen LogP contribution in [0.4, 0.5) is 0 Å². The normalized spacial score (nSPS) is 20.5. The average Bonchev–Trinajstić information content (AvgIpc) is 3.65. The third-order valence-corrected chi connectivity index (χ3v) is 7.62. The fourth-order valence-electron chi connectivity index (χ4n) is 5.65. The fraction of sp³-hybridized carbons (Fsp3) is 0.444. The predicted molar refractivity (Wildman–Crippen MR) is 137 cm³/mol. The van der Waals surface area contributed by atoms with Crippen LogP contribution in [0.3, 0.4) is 0 Å². The quantitative estimate of drug-likeness (QED) is 0.477. The van der Waals surface area contributed by atoms with Crippen LogP contribution in [-0.2, 0) is 23.2 Å². The molecule has 9 nitrogen and oxygen atoms in total. The van der Waals surface area contributed by atoms with E-state index < -0.39 is 5.41 Å². The number of hydrogen-bond donors (Lipinski definition) is 2. The summed E-state index contributed by atoms with van der Waals surface area (Å²) >= 11 is 0. The summed E-state index contributed by atoms with van der Waals surface area (Å²) in [6, 6.07) is 8.03. The first-order valence-corrected chi connectivity index (χ1v) is 12.8. The number of allylic oxidation sites excluding steroid dienone is 2. The summed E-state index contributed by atoms with van der Waals surface area (Å²) in [5, 5.41) is 17.4. The van der Waals surface area contributed by atoms with Crippen molar-refractivity contribution in [2.24, 2.45) is 5.92 Å². The highest BCUT2D eigenvalue weighted by atomic mass is 16.2. The summed E-state index contributed by atoms with van der Waals surface area (Å²) in [4.78, 5) is 26.3. The summed E-state index contributed by atoms with van der Waals surface area (Å²) in [6.07, 6.45) is 15.6. The zero-order valence-electron chi connectivity index (χ0n) is 20.9. The number of benzene rings is 1. The minimum absolute atomic E-state index is 0.0328. The van der Waals surface area contributed by atoms with E-state index in [-0.39, 0.29) is 23.4 Å². The third-order valence-electron chi connectivity index (χ3n) is 7.62. The number of ketones is 1. The summed E-state index contributed by atoms with van der Waals surface area (Å²) < 4.78 is 3.77.